The summed E-state index contributed by atoms with van der Waals surface area (Å²) >= 11 is 0. The molecule has 1 saturated carbocycles. The van der Waals surface area contributed by atoms with Crippen LogP contribution in [0, 0.1) is 11.8 Å². The second-order valence-electron chi connectivity index (χ2n) is 3.07. The number of hydrogen-bond acceptors (Lipinski definition) is 2. The van der Waals surface area contributed by atoms with E-state index in [0.717, 1.165) is 0 Å². The highest BCUT2D eigenvalue weighted by Gasteiger charge is 2.59. The second kappa shape index (κ2) is 1.96. The maximum atomic E-state index is 5.30. The summed E-state index contributed by atoms with van der Waals surface area (Å²) in [6, 6.07) is 0. The Morgan fingerprint density at radius 1 is 1.45 bits per heavy atom. The van der Waals surface area contributed by atoms with E-state index in [1.165, 1.54) is 5.57 Å². The number of allylic oxidation sites excluding steroid dienone is 1. The Morgan fingerprint density at radius 2 is 2.09 bits per heavy atom. The maximum absolute atomic E-state index is 5.30. The Hall–Kier alpha value is -0.600. The van der Waals surface area contributed by atoms with Gasteiger partial charge in [-0.05, 0) is 6.08 Å². The molecule has 0 aromatic carbocycles. The number of fused-ring (bicyclic) bond motifs is 1. The van der Waals surface area contributed by atoms with Gasteiger partial charge in [0.1, 0.15) is 0 Å². The van der Waals surface area contributed by atoms with Gasteiger partial charge in [-0.2, -0.15) is 0 Å². The fourth-order valence-electron chi connectivity index (χ4n) is 1.90. The molecule has 2 rings (SSSR count). The highest BCUT2D eigenvalue weighted by molar-refractivity contribution is 5.43. The minimum absolute atomic E-state index is 0.373. The van der Waals surface area contributed by atoms with Crippen molar-refractivity contribution in [2.75, 3.05) is 14.2 Å². The Kier molecular flexibility index (Phi) is 1.26. The van der Waals surface area contributed by atoms with Gasteiger partial charge >= 0.3 is 0 Å². The zero-order valence-electron chi connectivity index (χ0n) is 6.83. The highest BCUT2D eigenvalue weighted by Crippen LogP contribution is 2.58. The predicted molar refractivity (Wildman–Crippen MR) is 42.0 cm³/mol. The van der Waals surface area contributed by atoms with Crippen LogP contribution in [0.4, 0.5) is 0 Å². The van der Waals surface area contributed by atoms with Crippen LogP contribution < -0.4 is 0 Å². The minimum Gasteiger partial charge on any atom is -0.349 e. The molecule has 1 fully saturated rings. The summed E-state index contributed by atoms with van der Waals surface area (Å²) in [6.07, 6.45) is 4.09. The largest absolute Gasteiger partial charge is 0.349 e. The fraction of sp³-hybridized carbons (Fsp3) is 0.556. The van der Waals surface area contributed by atoms with Gasteiger partial charge in [0.25, 0.3) is 0 Å². The van der Waals surface area contributed by atoms with Crippen LogP contribution in [0.25, 0.3) is 0 Å². The van der Waals surface area contributed by atoms with Crippen LogP contribution in [-0.2, 0) is 9.47 Å². The lowest BCUT2D eigenvalue weighted by Crippen LogP contribution is -2.32. The van der Waals surface area contributed by atoms with E-state index in [1.807, 2.05) is 6.08 Å². The molecule has 2 aliphatic rings. The number of rotatable bonds is 2. The van der Waals surface area contributed by atoms with E-state index in [0.29, 0.717) is 11.8 Å². The molecule has 0 radical (unpaired) electrons. The first-order chi connectivity index (χ1) is 5.25. The van der Waals surface area contributed by atoms with Gasteiger partial charge in [0, 0.05) is 26.1 Å². The lowest BCUT2D eigenvalue weighted by molar-refractivity contribution is -0.179. The molecular weight excluding hydrogens is 140 g/mol. The van der Waals surface area contributed by atoms with Gasteiger partial charge in [-0.25, -0.2) is 0 Å². The molecule has 0 heterocycles. The smallest absolute Gasteiger partial charge is 0.194 e. The first-order valence-corrected chi connectivity index (χ1v) is 3.73. The van der Waals surface area contributed by atoms with Gasteiger partial charge in [-0.15, -0.1) is 0 Å². The number of hydrogen-bond donors (Lipinski definition) is 0. The van der Waals surface area contributed by atoms with E-state index in [-0.39, 0.29) is 0 Å². The summed E-state index contributed by atoms with van der Waals surface area (Å²) in [4.78, 5) is 0. The zero-order chi connectivity index (χ0) is 8.06. The Balaban J connectivity index is 2.27. The van der Waals surface area contributed by atoms with Crippen molar-refractivity contribution < 1.29 is 9.47 Å². The van der Waals surface area contributed by atoms with Crippen molar-refractivity contribution in [3.05, 3.63) is 24.3 Å². The van der Waals surface area contributed by atoms with E-state index in [2.05, 4.69) is 12.7 Å². The molecule has 0 amide bonds. The van der Waals surface area contributed by atoms with E-state index in [4.69, 9.17) is 9.47 Å². The van der Waals surface area contributed by atoms with Gasteiger partial charge in [0.2, 0.25) is 0 Å². The number of methoxy groups -OCH3 is 2. The van der Waals surface area contributed by atoms with Gasteiger partial charge in [-0.1, -0.05) is 18.2 Å². The standard InChI is InChI=1S/C9H12O2/c1-6-7-4-5-9(10-2,11-3)8(6)7/h4-5,7-8H,1H2,2-3H3. The van der Waals surface area contributed by atoms with Crippen molar-refractivity contribution >= 4 is 0 Å². The molecule has 0 aliphatic heterocycles. The first kappa shape index (κ1) is 7.07. The van der Waals surface area contributed by atoms with Gasteiger partial charge in [-0.3, -0.25) is 0 Å². The van der Waals surface area contributed by atoms with Crippen molar-refractivity contribution in [2.24, 2.45) is 11.8 Å². The van der Waals surface area contributed by atoms with E-state index in [9.17, 15) is 0 Å². The third kappa shape index (κ3) is 0.686. The predicted octanol–water partition coefficient (Wildman–Crippen LogP) is 1.35. The molecule has 2 nitrogen and oxygen atoms in total. The van der Waals surface area contributed by atoms with E-state index >= 15 is 0 Å². The van der Waals surface area contributed by atoms with Gasteiger partial charge in [0.15, 0.2) is 5.79 Å². The fourth-order valence-corrected chi connectivity index (χ4v) is 1.90. The summed E-state index contributed by atoms with van der Waals surface area (Å²) in [6.45, 7) is 3.93. The average molecular weight is 152 g/mol. The second-order valence-corrected chi connectivity index (χ2v) is 3.07. The summed E-state index contributed by atoms with van der Waals surface area (Å²) < 4.78 is 10.6. The van der Waals surface area contributed by atoms with Crippen LogP contribution >= 0.6 is 0 Å². The zero-order valence-corrected chi connectivity index (χ0v) is 6.83. The van der Waals surface area contributed by atoms with Crippen LogP contribution in [0.3, 0.4) is 0 Å². The van der Waals surface area contributed by atoms with Crippen molar-refractivity contribution in [1.82, 2.24) is 0 Å². The maximum Gasteiger partial charge on any atom is 0.194 e. The SMILES string of the molecule is C=C1C2C=CC(OC)(OC)C12. The lowest BCUT2D eigenvalue weighted by Gasteiger charge is -2.25. The molecule has 0 aromatic heterocycles. The van der Waals surface area contributed by atoms with Crippen LogP contribution in [0.15, 0.2) is 24.3 Å². The van der Waals surface area contributed by atoms with Crippen molar-refractivity contribution in [3.8, 4) is 0 Å². The highest BCUT2D eigenvalue weighted by atomic mass is 16.7. The Morgan fingerprint density at radius 3 is 2.36 bits per heavy atom. The van der Waals surface area contributed by atoms with Crippen molar-refractivity contribution in [1.29, 1.82) is 0 Å². The molecule has 0 spiro atoms. The summed E-state index contributed by atoms with van der Waals surface area (Å²) in [5, 5.41) is 0. The molecule has 0 aromatic rings. The molecule has 0 N–H and O–H groups in total. The third-order valence-electron chi connectivity index (χ3n) is 2.69. The van der Waals surface area contributed by atoms with Crippen molar-refractivity contribution in [3.63, 3.8) is 0 Å². The van der Waals surface area contributed by atoms with E-state index < -0.39 is 5.79 Å². The molecule has 60 valence electrons. The summed E-state index contributed by atoms with van der Waals surface area (Å²) in [5.41, 5.74) is 1.23. The monoisotopic (exact) mass is 152 g/mol. The van der Waals surface area contributed by atoms with Crippen molar-refractivity contribution in [2.45, 2.75) is 5.79 Å². The normalized spacial score (nSPS) is 37.5. The molecule has 11 heavy (non-hydrogen) atoms. The quantitative estimate of drug-likeness (QED) is 0.439. The molecule has 2 unspecified atom stereocenters. The lowest BCUT2D eigenvalue weighted by atomic mass is 10.2. The Bertz CT molecular complexity index is 226. The molecular formula is C9H12O2. The van der Waals surface area contributed by atoms with Gasteiger partial charge in [0.05, 0.1) is 0 Å². The summed E-state index contributed by atoms with van der Waals surface area (Å²) in [5.74, 6) is 0.384. The molecule has 2 aliphatic carbocycles. The molecule has 2 atom stereocenters. The van der Waals surface area contributed by atoms with E-state index in [1.54, 1.807) is 14.2 Å². The van der Waals surface area contributed by atoms with Crippen LogP contribution in [0.2, 0.25) is 0 Å². The number of ether oxygens (including phenoxy) is 2. The van der Waals surface area contributed by atoms with Gasteiger partial charge < -0.3 is 9.47 Å². The Labute approximate surface area is 66.5 Å². The molecule has 0 saturated heterocycles. The molecule has 2 heteroatoms. The summed E-state index contributed by atoms with van der Waals surface area (Å²) in [7, 11) is 3.34. The topological polar surface area (TPSA) is 18.5 Å². The molecule has 0 bridgehead atoms. The average Bonchev–Trinajstić information content (AvgIpc) is 2.57. The van der Waals surface area contributed by atoms with Crippen LogP contribution in [-0.4, -0.2) is 20.0 Å². The minimum atomic E-state index is -0.498. The van der Waals surface area contributed by atoms with Crippen LogP contribution in [0.5, 0.6) is 0 Å². The van der Waals surface area contributed by atoms with Crippen LogP contribution in [0.1, 0.15) is 0 Å². The third-order valence-corrected chi connectivity index (χ3v) is 2.69. The first-order valence-electron chi connectivity index (χ1n) is 3.73.